The number of halogens is 1. The molecule has 1 aliphatic carbocycles. The lowest BCUT2D eigenvalue weighted by Crippen LogP contribution is -2.39. The van der Waals surface area contributed by atoms with Crippen LogP contribution in [0.5, 0.6) is 0 Å². The van der Waals surface area contributed by atoms with Crippen LogP contribution in [-0.2, 0) is 15.0 Å². The van der Waals surface area contributed by atoms with Crippen LogP contribution in [0.4, 0.5) is 10.5 Å². The molecule has 1 saturated carbocycles. The predicted molar refractivity (Wildman–Crippen MR) is 85.2 cm³/mol. The zero-order valence-electron chi connectivity index (χ0n) is 12.0. The molecule has 1 amide bonds. The fourth-order valence-corrected chi connectivity index (χ4v) is 3.00. The number of hydrogen-bond donors (Lipinski definition) is 0. The first-order chi connectivity index (χ1) is 9.70. The summed E-state index contributed by atoms with van der Waals surface area (Å²) < 4.78 is 28.2. The highest BCUT2D eigenvalue weighted by Gasteiger charge is 2.44. The van der Waals surface area contributed by atoms with Crippen molar-refractivity contribution in [1.82, 2.24) is 0 Å². The summed E-state index contributed by atoms with van der Waals surface area (Å²) >= 11 is 3.39. The Balaban J connectivity index is 2.40. The summed E-state index contributed by atoms with van der Waals surface area (Å²) in [6.45, 7) is 5.31. The van der Waals surface area contributed by atoms with Gasteiger partial charge in [-0.25, -0.2) is 4.79 Å². The lowest BCUT2D eigenvalue weighted by Gasteiger charge is -2.27. The van der Waals surface area contributed by atoms with E-state index in [2.05, 4.69) is 15.9 Å². The molecule has 1 aromatic rings. The van der Waals surface area contributed by atoms with Crippen LogP contribution in [0.2, 0.25) is 0 Å². The van der Waals surface area contributed by atoms with Gasteiger partial charge in [0.25, 0.3) is 0 Å². The van der Waals surface area contributed by atoms with E-state index in [0.717, 1.165) is 0 Å². The van der Waals surface area contributed by atoms with Gasteiger partial charge in [-0.1, -0.05) is 12.1 Å². The van der Waals surface area contributed by atoms with Crippen LogP contribution in [0.1, 0.15) is 27.2 Å². The summed E-state index contributed by atoms with van der Waals surface area (Å²) in [4.78, 5) is 14.1. The maximum Gasteiger partial charge on any atom is 0.415 e. The van der Waals surface area contributed by atoms with Crippen LogP contribution in [0.15, 0.2) is 28.7 Å². The molecule has 0 spiro atoms. The Morgan fingerprint density at radius 1 is 1.33 bits per heavy atom. The Kier molecular flexibility index (Phi) is 4.43. The van der Waals surface area contributed by atoms with E-state index in [1.165, 1.54) is 4.90 Å². The molecule has 1 atom stereocenters. The SMILES string of the molecule is CC(C)(C)OC(=O)N(c1ccccc1Br)C1CC1=S(=O)=O. The first-order valence-electron chi connectivity index (χ1n) is 6.42. The average molecular weight is 374 g/mol. The van der Waals surface area contributed by atoms with E-state index >= 15 is 0 Å². The van der Waals surface area contributed by atoms with Crippen molar-refractivity contribution in [1.29, 1.82) is 0 Å². The summed E-state index contributed by atoms with van der Waals surface area (Å²) in [5, 5.41) is 0. The second-order valence-corrected chi connectivity index (χ2v) is 7.57. The number of benzene rings is 1. The van der Waals surface area contributed by atoms with Crippen molar-refractivity contribution in [3.63, 3.8) is 0 Å². The monoisotopic (exact) mass is 373 g/mol. The number of amides is 1. The molecule has 21 heavy (non-hydrogen) atoms. The fraction of sp³-hybridized carbons (Fsp3) is 0.429. The lowest BCUT2D eigenvalue weighted by atomic mass is 10.2. The lowest BCUT2D eigenvalue weighted by molar-refractivity contribution is 0.0580. The van der Waals surface area contributed by atoms with Crippen molar-refractivity contribution < 1.29 is 17.9 Å². The molecule has 114 valence electrons. The molecule has 5 nitrogen and oxygen atoms in total. The Morgan fingerprint density at radius 3 is 2.43 bits per heavy atom. The van der Waals surface area contributed by atoms with Gasteiger partial charge in [0.15, 0.2) is 0 Å². The first kappa shape index (κ1) is 16.0. The van der Waals surface area contributed by atoms with Crippen molar-refractivity contribution in [2.75, 3.05) is 4.90 Å². The molecule has 0 aromatic heterocycles. The Hall–Kier alpha value is -1.34. The van der Waals surface area contributed by atoms with Gasteiger partial charge in [0, 0.05) is 10.9 Å². The van der Waals surface area contributed by atoms with Gasteiger partial charge in [-0.2, -0.15) is 8.42 Å². The van der Waals surface area contributed by atoms with Crippen LogP contribution in [0, 0.1) is 0 Å². The van der Waals surface area contributed by atoms with Gasteiger partial charge in [0.05, 0.1) is 16.6 Å². The highest BCUT2D eigenvalue weighted by molar-refractivity contribution is 9.10. The topological polar surface area (TPSA) is 63.7 Å². The maximum atomic E-state index is 12.4. The molecule has 1 fully saturated rings. The Bertz CT molecular complexity index is 698. The third kappa shape index (κ3) is 3.85. The first-order valence-corrected chi connectivity index (χ1v) is 8.29. The van der Waals surface area contributed by atoms with E-state index in [1.54, 1.807) is 39.0 Å². The Morgan fingerprint density at radius 2 is 1.95 bits per heavy atom. The second kappa shape index (κ2) is 5.81. The largest absolute Gasteiger partial charge is 0.443 e. The highest BCUT2D eigenvalue weighted by atomic mass is 79.9. The van der Waals surface area contributed by atoms with Crippen molar-refractivity contribution in [2.45, 2.75) is 38.8 Å². The minimum absolute atomic E-state index is 0.316. The van der Waals surface area contributed by atoms with E-state index in [4.69, 9.17) is 4.74 Å². The molecule has 0 saturated heterocycles. The average Bonchev–Trinajstić information content (AvgIpc) is 3.10. The van der Waals surface area contributed by atoms with Gasteiger partial charge in [-0.15, -0.1) is 0 Å². The van der Waals surface area contributed by atoms with Crippen LogP contribution >= 0.6 is 15.9 Å². The molecule has 0 heterocycles. The van der Waals surface area contributed by atoms with Crippen LogP contribution in [0.25, 0.3) is 0 Å². The molecule has 1 aliphatic rings. The minimum Gasteiger partial charge on any atom is -0.443 e. The minimum atomic E-state index is -2.27. The van der Waals surface area contributed by atoms with Gasteiger partial charge in [0.1, 0.15) is 5.60 Å². The standard InChI is InChI=1S/C14H16BrNO4S/c1-14(2,3)20-13(17)16(11-8-12(11)21(18)19)10-7-5-4-6-9(10)15/h4-7,11H,8H2,1-3H3. The van der Waals surface area contributed by atoms with Crippen LogP contribution in [-0.4, -0.2) is 31.0 Å². The fourth-order valence-electron chi connectivity index (χ4n) is 1.90. The number of rotatable bonds is 2. The molecule has 7 heteroatoms. The van der Waals surface area contributed by atoms with Gasteiger partial charge in [-0.3, -0.25) is 4.90 Å². The van der Waals surface area contributed by atoms with E-state index in [1.807, 2.05) is 6.07 Å². The van der Waals surface area contributed by atoms with Crippen LogP contribution in [0.3, 0.4) is 0 Å². The number of nitrogens with zero attached hydrogens (tertiary/aromatic N) is 1. The summed E-state index contributed by atoms with van der Waals surface area (Å²) in [6, 6.07) is 6.69. The van der Waals surface area contributed by atoms with Gasteiger partial charge >= 0.3 is 6.09 Å². The molecule has 0 N–H and O–H groups in total. The molecular formula is C14H16BrNO4S. The highest BCUT2D eigenvalue weighted by Crippen LogP contribution is 2.35. The number of hydrogen-bond acceptors (Lipinski definition) is 4. The van der Waals surface area contributed by atoms with E-state index in [-0.39, 0.29) is 0 Å². The number of carbonyl (C=O) groups excluding carboxylic acids is 1. The van der Waals surface area contributed by atoms with E-state index < -0.39 is 28.0 Å². The van der Waals surface area contributed by atoms with Gasteiger partial charge in [0.2, 0.25) is 10.3 Å². The number of ether oxygens (including phenoxy) is 1. The molecular weight excluding hydrogens is 358 g/mol. The van der Waals surface area contributed by atoms with Crippen molar-refractivity contribution in [2.24, 2.45) is 0 Å². The molecule has 0 aliphatic heterocycles. The van der Waals surface area contributed by atoms with Crippen LogP contribution < -0.4 is 4.90 Å². The Labute approximate surface area is 133 Å². The normalized spacial score (nSPS) is 17.3. The maximum absolute atomic E-state index is 12.4. The summed E-state index contributed by atoms with van der Waals surface area (Å²) in [5.41, 5.74) is -0.0559. The molecule has 0 bridgehead atoms. The third-order valence-corrected chi connectivity index (χ3v) is 4.37. The molecule has 0 radical (unpaired) electrons. The molecule has 1 unspecified atom stereocenters. The third-order valence-electron chi connectivity index (χ3n) is 2.83. The van der Waals surface area contributed by atoms with E-state index in [0.29, 0.717) is 21.4 Å². The number of para-hydroxylation sites is 1. The zero-order valence-corrected chi connectivity index (χ0v) is 14.4. The second-order valence-electron chi connectivity index (χ2n) is 5.72. The molecule has 1 aromatic carbocycles. The molecule has 2 rings (SSSR count). The predicted octanol–water partition coefficient (Wildman–Crippen LogP) is 3.01. The van der Waals surface area contributed by atoms with E-state index in [9.17, 15) is 13.2 Å². The summed E-state index contributed by atoms with van der Waals surface area (Å²) in [7, 11) is -2.27. The van der Waals surface area contributed by atoms with Gasteiger partial charge < -0.3 is 4.74 Å². The zero-order chi connectivity index (χ0) is 15.8. The van der Waals surface area contributed by atoms with Crippen molar-refractivity contribution in [3.8, 4) is 0 Å². The number of anilines is 1. The smallest absolute Gasteiger partial charge is 0.415 e. The van der Waals surface area contributed by atoms with Crippen molar-refractivity contribution in [3.05, 3.63) is 28.7 Å². The number of carbonyl (C=O) groups is 1. The summed E-state index contributed by atoms with van der Waals surface area (Å²) in [6.07, 6.45) is -0.212. The van der Waals surface area contributed by atoms with Crippen molar-refractivity contribution >= 4 is 42.9 Å². The van der Waals surface area contributed by atoms with Gasteiger partial charge in [-0.05, 0) is 48.8 Å². The summed E-state index contributed by atoms with van der Waals surface area (Å²) in [5.74, 6) is 0. The quantitative estimate of drug-likeness (QED) is 0.747.